The molecule has 2 heterocycles. The average molecular weight is 527 g/mol. The Morgan fingerprint density at radius 2 is 1.10 bits per heavy atom. The van der Waals surface area contributed by atoms with Crippen molar-refractivity contribution in [3.8, 4) is 33.4 Å². The summed E-state index contributed by atoms with van der Waals surface area (Å²) in [6.07, 6.45) is 0. The summed E-state index contributed by atoms with van der Waals surface area (Å²) in [5.74, 6) is 0. The first kappa shape index (κ1) is 24.5. The lowest BCUT2D eigenvalue weighted by Crippen LogP contribution is -2.13. The zero-order valence-corrected chi connectivity index (χ0v) is 22.4. The third-order valence-corrected chi connectivity index (χ3v) is 7.75. The van der Waals surface area contributed by atoms with Gasteiger partial charge in [-0.3, -0.25) is 9.20 Å². The Balaban J connectivity index is 0.00000135. The smallest absolute Gasteiger partial charge is 0.264 e. The first-order chi connectivity index (χ1) is 20.3. The van der Waals surface area contributed by atoms with E-state index in [1.807, 2.05) is 60.7 Å². The van der Waals surface area contributed by atoms with Crippen LogP contribution in [0, 0.1) is 0 Å². The van der Waals surface area contributed by atoms with E-state index in [1.54, 1.807) is 4.40 Å². The topological polar surface area (TPSA) is 34.4 Å². The van der Waals surface area contributed by atoms with Gasteiger partial charge in [-0.1, -0.05) is 109 Å². The standard InChI is InChI=1S/C36H22N2O.C2H4/c39-36-31-22-26(23-11-4-1-5-12-23)21-30-27(24-13-6-2-7-14-24)19-20-29(33(30)31)35-37-34-28(25-15-8-3-9-16-25)17-10-18-32(34)38(35)36;1-2/h1-22H;1-2H2. The average Bonchev–Trinajstić information content (AvgIpc) is 3.45. The molecular weight excluding hydrogens is 500 g/mol. The summed E-state index contributed by atoms with van der Waals surface area (Å²) < 4.78 is 1.80. The Morgan fingerprint density at radius 3 is 1.76 bits per heavy atom. The molecule has 41 heavy (non-hydrogen) atoms. The van der Waals surface area contributed by atoms with Crippen molar-refractivity contribution in [3.05, 3.63) is 157 Å². The molecule has 3 nitrogen and oxygen atoms in total. The number of hydrogen-bond acceptors (Lipinski definition) is 2. The molecule has 0 atom stereocenters. The lowest BCUT2D eigenvalue weighted by molar-refractivity contribution is 1.19. The van der Waals surface area contributed by atoms with Crippen LogP contribution in [0.2, 0.25) is 0 Å². The lowest BCUT2D eigenvalue weighted by atomic mass is 9.91. The fourth-order valence-electron chi connectivity index (χ4n) is 5.96. The number of rotatable bonds is 3. The minimum absolute atomic E-state index is 0.0433. The number of imidazole rings is 1. The fraction of sp³-hybridized carbons (Fsp3) is 0. The fourth-order valence-corrected chi connectivity index (χ4v) is 5.96. The van der Waals surface area contributed by atoms with Crippen LogP contribution in [-0.2, 0) is 0 Å². The van der Waals surface area contributed by atoms with Gasteiger partial charge in [0.1, 0.15) is 5.65 Å². The SMILES string of the molecule is C=C.O=c1c2cc(-c3ccccc3)cc3c(-c4ccccc4)ccc(c32)c2nc3c(-c4ccccc4)cccc3n12. The number of pyridine rings is 1. The Bertz CT molecular complexity index is 2240. The second kappa shape index (κ2) is 9.89. The van der Waals surface area contributed by atoms with E-state index >= 15 is 0 Å². The van der Waals surface area contributed by atoms with Crippen LogP contribution in [0.4, 0.5) is 0 Å². The van der Waals surface area contributed by atoms with Crippen LogP contribution in [0.5, 0.6) is 0 Å². The molecule has 3 heteroatoms. The van der Waals surface area contributed by atoms with Crippen LogP contribution < -0.4 is 5.56 Å². The number of para-hydroxylation sites is 1. The highest BCUT2D eigenvalue weighted by Crippen LogP contribution is 2.39. The molecule has 0 N–H and O–H groups in total. The molecule has 0 bridgehead atoms. The maximum absolute atomic E-state index is 14.4. The summed E-state index contributed by atoms with van der Waals surface area (Å²) in [5, 5.41) is 3.71. The van der Waals surface area contributed by atoms with Crippen molar-refractivity contribution in [2.24, 2.45) is 0 Å². The van der Waals surface area contributed by atoms with Crippen molar-refractivity contribution in [1.82, 2.24) is 9.38 Å². The monoisotopic (exact) mass is 526 g/mol. The van der Waals surface area contributed by atoms with Gasteiger partial charge in [-0.2, -0.15) is 0 Å². The van der Waals surface area contributed by atoms with Crippen molar-refractivity contribution >= 4 is 38.2 Å². The van der Waals surface area contributed by atoms with Crippen molar-refractivity contribution in [1.29, 1.82) is 0 Å². The van der Waals surface area contributed by atoms with Gasteiger partial charge in [0.15, 0.2) is 0 Å². The van der Waals surface area contributed by atoms with Crippen LogP contribution in [0.15, 0.2) is 151 Å². The summed E-state index contributed by atoms with van der Waals surface area (Å²) >= 11 is 0. The van der Waals surface area contributed by atoms with E-state index < -0.39 is 0 Å². The Morgan fingerprint density at radius 1 is 0.512 bits per heavy atom. The maximum Gasteiger partial charge on any atom is 0.264 e. The molecule has 6 aromatic carbocycles. The minimum atomic E-state index is -0.0433. The van der Waals surface area contributed by atoms with Gasteiger partial charge in [-0.25, -0.2) is 4.98 Å². The zero-order valence-electron chi connectivity index (χ0n) is 22.4. The van der Waals surface area contributed by atoms with E-state index in [1.165, 1.54) is 0 Å². The highest BCUT2D eigenvalue weighted by Gasteiger charge is 2.20. The van der Waals surface area contributed by atoms with Gasteiger partial charge < -0.3 is 0 Å². The maximum atomic E-state index is 14.4. The van der Waals surface area contributed by atoms with Gasteiger partial charge >= 0.3 is 0 Å². The van der Waals surface area contributed by atoms with Gasteiger partial charge in [-0.05, 0) is 57.5 Å². The third-order valence-electron chi connectivity index (χ3n) is 7.75. The van der Waals surface area contributed by atoms with Crippen molar-refractivity contribution in [3.63, 3.8) is 0 Å². The molecule has 8 rings (SSSR count). The van der Waals surface area contributed by atoms with Crippen LogP contribution in [0.1, 0.15) is 0 Å². The summed E-state index contributed by atoms with van der Waals surface area (Å²) in [6.45, 7) is 6.00. The molecule has 0 aliphatic rings. The quantitative estimate of drug-likeness (QED) is 0.215. The molecule has 0 radical (unpaired) electrons. The summed E-state index contributed by atoms with van der Waals surface area (Å²) in [5.41, 5.74) is 8.76. The van der Waals surface area contributed by atoms with Crippen molar-refractivity contribution < 1.29 is 0 Å². The van der Waals surface area contributed by atoms with Gasteiger partial charge in [0.2, 0.25) is 0 Å². The molecular formula is C38H26N2O. The first-order valence-electron chi connectivity index (χ1n) is 13.6. The van der Waals surface area contributed by atoms with E-state index in [0.717, 1.165) is 60.6 Å². The van der Waals surface area contributed by atoms with E-state index in [9.17, 15) is 4.79 Å². The molecule has 0 spiro atoms. The first-order valence-corrected chi connectivity index (χ1v) is 13.6. The zero-order chi connectivity index (χ0) is 27.9. The number of fused-ring (bicyclic) bond motifs is 4. The molecule has 0 saturated carbocycles. The third kappa shape index (κ3) is 3.82. The van der Waals surface area contributed by atoms with Gasteiger partial charge in [0, 0.05) is 21.7 Å². The molecule has 2 aromatic heterocycles. The van der Waals surface area contributed by atoms with Crippen molar-refractivity contribution in [2.45, 2.75) is 0 Å². The number of nitrogens with zero attached hydrogens (tertiary/aromatic N) is 2. The molecule has 0 amide bonds. The largest absolute Gasteiger partial charge is 0.268 e. The molecule has 194 valence electrons. The van der Waals surface area contributed by atoms with E-state index in [2.05, 4.69) is 86.0 Å². The molecule has 0 saturated heterocycles. The lowest BCUT2D eigenvalue weighted by Gasteiger charge is -2.14. The van der Waals surface area contributed by atoms with Crippen molar-refractivity contribution in [2.75, 3.05) is 0 Å². The number of hydrogen-bond donors (Lipinski definition) is 0. The number of aromatic nitrogens is 2. The molecule has 0 aliphatic carbocycles. The molecule has 0 fully saturated rings. The van der Waals surface area contributed by atoms with E-state index in [4.69, 9.17) is 4.98 Å². The Kier molecular flexibility index (Phi) is 5.91. The van der Waals surface area contributed by atoms with Gasteiger partial charge in [-0.15, -0.1) is 13.2 Å². The second-order valence-electron chi connectivity index (χ2n) is 9.95. The highest BCUT2D eigenvalue weighted by molar-refractivity contribution is 6.20. The van der Waals surface area contributed by atoms with E-state index in [-0.39, 0.29) is 5.56 Å². The minimum Gasteiger partial charge on any atom is -0.268 e. The van der Waals surface area contributed by atoms with Crippen LogP contribution in [0.3, 0.4) is 0 Å². The van der Waals surface area contributed by atoms with Gasteiger partial charge in [0.25, 0.3) is 5.56 Å². The highest BCUT2D eigenvalue weighted by atomic mass is 16.1. The summed E-state index contributed by atoms with van der Waals surface area (Å²) in [6, 6.07) is 45.6. The Hall–Kier alpha value is -5.54. The summed E-state index contributed by atoms with van der Waals surface area (Å²) in [7, 11) is 0. The molecule has 8 aromatic rings. The normalized spacial score (nSPS) is 11.2. The van der Waals surface area contributed by atoms with Crippen LogP contribution in [-0.4, -0.2) is 9.38 Å². The van der Waals surface area contributed by atoms with Gasteiger partial charge in [0.05, 0.1) is 11.0 Å². The predicted octanol–water partition coefficient (Wildman–Crippen LogP) is 9.40. The second-order valence-corrected chi connectivity index (χ2v) is 9.95. The molecule has 0 unspecified atom stereocenters. The number of benzene rings is 6. The van der Waals surface area contributed by atoms with Crippen LogP contribution in [0.25, 0.3) is 71.6 Å². The predicted molar refractivity (Wildman–Crippen MR) is 173 cm³/mol. The summed E-state index contributed by atoms with van der Waals surface area (Å²) in [4.78, 5) is 19.5. The Labute approximate surface area is 237 Å². The van der Waals surface area contributed by atoms with Crippen LogP contribution >= 0.6 is 0 Å². The van der Waals surface area contributed by atoms with E-state index in [0.29, 0.717) is 11.0 Å². The molecule has 0 aliphatic heterocycles.